The fraction of sp³-hybridized carbons (Fsp3) is 0.250. The van der Waals surface area contributed by atoms with Gasteiger partial charge in [0.1, 0.15) is 34.7 Å². The Morgan fingerprint density at radius 2 is 1.47 bits per heavy atom. The van der Waals surface area contributed by atoms with Crippen molar-refractivity contribution in [1.82, 2.24) is 9.97 Å². The monoisotopic (exact) mass is 486 g/mol. The van der Waals surface area contributed by atoms with Gasteiger partial charge in [-0.1, -0.05) is 19.1 Å². The maximum atomic E-state index is 14.5. The molecule has 0 atom stereocenters. The number of allylic oxidation sites excluding steroid dienone is 1. The Kier molecular flexibility index (Phi) is 7.68. The molecular formula is C24H18F8N2. The maximum absolute atomic E-state index is 14.5. The van der Waals surface area contributed by atoms with Crippen LogP contribution in [0.5, 0.6) is 0 Å². The van der Waals surface area contributed by atoms with Gasteiger partial charge in [0.25, 0.3) is 0 Å². The van der Waals surface area contributed by atoms with Crippen molar-refractivity contribution >= 4 is 5.83 Å². The number of hydrogen-bond donors (Lipinski definition) is 0. The summed E-state index contributed by atoms with van der Waals surface area (Å²) in [5, 5.41) is 0. The van der Waals surface area contributed by atoms with E-state index in [1.807, 2.05) is 0 Å². The van der Waals surface area contributed by atoms with Crippen LogP contribution in [0, 0.1) is 17.5 Å². The first-order valence-corrected chi connectivity index (χ1v) is 10.2. The van der Waals surface area contributed by atoms with Gasteiger partial charge >= 0.3 is 6.18 Å². The molecule has 0 saturated heterocycles. The molecule has 0 unspecified atom stereocenters. The summed E-state index contributed by atoms with van der Waals surface area (Å²) in [6, 6.07) is 4.56. The van der Waals surface area contributed by atoms with E-state index < -0.39 is 40.8 Å². The van der Waals surface area contributed by atoms with Crippen molar-refractivity contribution in [1.29, 1.82) is 0 Å². The van der Waals surface area contributed by atoms with Crippen LogP contribution >= 0.6 is 0 Å². The molecule has 0 aliphatic rings. The summed E-state index contributed by atoms with van der Waals surface area (Å²) in [5.74, 6) is -6.12. The molecule has 2 nitrogen and oxygen atoms in total. The van der Waals surface area contributed by atoms with Crippen LogP contribution in [0.1, 0.15) is 42.3 Å². The molecule has 0 bridgehead atoms. The van der Waals surface area contributed by atoms with Gasteiger partial charge in [-0.05, 0) is 36.6 Å². The van der Waals surface area contributed by atoms with Gasteiger partial charge in [0, 0.05) is 41.9 Å². The van der Waals surface area contributed by atoms with Crippen LogP contribution in [0.2, 0.25) is 0 Å². The first-order chi connectivity index (χ1) is 16.0. The number of rotatable bonds is 7. The molecule has 0 fully saturated rings. The van der Waals surface area contributed by atoms with Crippen molar-refractivity contribution in [2.45, 2.75) is 38.8 Å². The number of halogens is 8. The third-order valence-corrected chi connectivity index (χ3v) is 4.97. The lowest BCUT2D eigenvalue weighted by Gasteiger charge is -2.11. The Morgan fingerprint density at radius 3 is 2.00 bits per heavy atom. The van der Waals surface area contributed by atoms with Gasteiger partial charge in [-0.2, -0.15) is 13.2 Å². The normalized spacial score (nSPS) is 12.6. The van der Waals surface area contributed by atoms with Crippen molar-refractivity contribution in [2.24, 2.45) is 0 Å². The van der Waals surface area contributed by atoms with E-state index in [9.17, 15) is 35.1 Å². The summed E-state index contributed by atoms with van der Waals surface area (Å²) >= 11 is 0. The number of hydrogen-bond acceptors (Lipinski definition) is 2. The Bertz CT molecular complexity index is 1180. The summed E-state index contributed by atoms with van der Waals surface area (Å²) in [7, 11) is 0. The zero-order valence-corrected chi connectivity index (χ0v) is 17.8. The van der Waals surface area contributed by atoms with E-state index in [1.54, 1.807) is 6.92 Å². The first kappa shape index (κ1) is 25.3. The van der Waals surface area contributed by atoms with E-state index in [-0.39, 0.29) is 47.3 Å². The van der Waals surface area contributed by atoms with Crippen LogP contribution < -0.4 is 0 Å². The molecule has 3 aromatic rings. The highest BCUT2D eigenvalue weighted by molar-refractivity contribution is 5.68. The lowest BCUT2D eigenvalue weighted by Crippen LogP contribution is -2.12. The summed E-state index contributed by atoms with van der Waals surface area (Å²) in [4.78, 5) is 8.07. The van der Waals surface area contributed by atoms with Gasteiger partial charge in [0.2, 0.25) is 0 Å². The minimum absolute atomic E-state index is 0.0114. The quantitative estimate of drug-likeness (QED) is 0.319. The highest BCUT2D eigenvalue weighted by atomic mass is 19.4. The second-order valence-electron chi connectivity index (χ2n) is 7.48. The van der Waals surface area contributed by atoms with Crippen molar-refractivity contribution in [3.63, 3.8) is 0 Å². The predicted molar refractivity (Wildman–Crippen MR) is 110 cm³/mol. The van der Waals surface area contributed by atoms with Crippen LogP contribution in [0.25, 0.3) is 17.0 Å². The molecule has 1 aromatic heterocycles. The van der Waals surface area contributed by atoms with Gasteiger partial charge < -0.3 is 0 Å². The van der Waals surface area contributed by atoms with Crippen LogP contribution in [-0.4, -0.2) is 9.97 Å². The van der Waals surface area contributed by atoms with Crippen molar-refractivity contribution in [3.8, 4) is 11.1 Å². The molecule has 34 heavy (non-hydrogen) atoms. The lowest BCUT2D eigenvalue weighted by molar-refractivity contribution is -0.142. The number of nitrogens with zero attached hydrogens (tertiary/aromatic N) is 2. The van der Waals surface area contributed by atoms with Crippen LogP contribution in [-0.2, 0) is 19.0 Å². The topological polar surface area (TPSA) is 25.8 Å². The molecule has 2 aromatic carbocycles. The van der Waals surface area contributed by atoms with Crippen LogP contribution in [0.4, 0.5) is 35.1 Å². The highest BCUT2D eigenvalue weighted by Gasteiger charge is 2.37. The van der Waals surface area contributed by atoms with E-state index in [0.717, 1.165) is 6.07 Å². The maximum Gasteiger partial charge on any atom is 0.422 e. The van der Waals surface area contributed by atoms with Gasteiger partial charge in [0.05, 0.1) is 0 Å². The van der Waals surface area contributed by atoms with Crippen molar-refractivity contribution < 1.29 is 35.1 Å². The van der Waals surface area contributed by atoms with Gasteiger partial charge in [-0.25, -0.2) is 31.9 Å². The fourth-order valence-corrected chi connectivity index (χ4v) is 3.29. The van der Waals surface area contributed by atoms with E-state index in [2.05, 4.69) is 9.97 Å². The molecule has 10 heteroatoms. The molecule has 180 valence electrons. The Hall–Kier alpha value is -3.30. The Morgan fingerprint density at radius 1 is 0.853 bits per heavy atom. The van der Waals surface area contributed by atoms with Crippen LogP contribution in [0.3, 0.4) is 0 Å². The summed E-state index contributed by atoms with van der Waals surface area (Å²) < 4.78 is 108. The van der Waals surface area contributed by atoms with Gasteiger partial charge in [0.15, 0.2) is 5.83 Å². The summed E-state index contributed by atoms with van der Waals surface area (Å²) in [6.07, 6.45) is -2.29. The average molecular weight is 486 g/mol. The standard InChI is InChI=1S/C24H18F8N2/c1-2-3-17(25)23(29)14-5-6-16(18(26)10-14)15-11-33-21(34-12-15)7-4-13-8-19(27)22(20(28)9-13)24(30,31)32/h5-6,8-12H,2-4,7H2,1H3/b23-17+. The highest BCUT2D eigenvalue weighted by Crippen LogP contribution is 2.34. The number of aryl methyl sites for hydroxylation is 2. The van der Waals surface area contributed by atoms with E-state index >= 15 is 0 Å². The molecule has 0 aliphatic carbocycles. The third kappa shape index (κ3) is 5.78. The first-order valence-electron chi connectivity index (χ1n) is 10.2. The summed E-state index contributed by atoms with van der Waals surface area (Å²) in [6.45, 7) is 1.68. The van der Waals surface area contributed by atoms with E-state index in [0.29, 0.717) is 18.6 Å². The minimum Gasteiger partial charge on any atom is -0.241 e. The minimum atomic E-state index is -5.15. The molecule has 3 rings (SSSR count). The number of alkyl halides is 3. The van der Waals surface area contributed by atoms with Crippen molar-refractivity contribution in [3.05, 3.63) is 88.5 Å². The SMILES string of the molecule is CCC/C(F)=C(\F)c1ccc(-c2cnc(CCc3cc(F)c(C(F)(F)F)c(F)c3)nc2)c(F)c1. The summed E-state index contributed by atoms with van der Waals surface area (Å²) in [5.41, 5.74) is -1.90. The zero-order chi connectivity index (χ0) is 25.0. The van der Waals surface area contributed by atoms with Crippen molar-refractivity contribution in [2.75, 3.05) is 0 Å². The van der Waals surface area contributed by atoms with Gasteiger partial charge in [-0.15, -0.1) is 0 Å². The Labute approximate surface area is 190 Å². The average Bonchev–Trinajstić information content (AvgIpc) is 2.76. The number of benzene rings is 2. The molecule has 0 amide bonds. The molecule has 0 aliphatic heterocycles. The third-order valence-electron chi connectivity index (χ3n) is 4.97. The molecule has 0 N–H and O–H groups in total. The van der Waals surface area contributed by atoms with Gasteiger partial charge in [-0.3, -0.25) is 0 Å². The predicted octanol–water partition coefficient (Wildman–Crippen LogP) is 7.77. The molecule has 1 heterocycles. The van der Waals surface area contributed by atoms with Crippen LogP contribution in [0.15, 0.2) is 48.6 Å². The second kappa shape index (κ2) is 10.3. The second-order valence-corrected chi connectivity index (χ2v) is 7.48. The number of aromatic nitrogens is 2. The van der Waals surface area contributed by atoms with E-state index in [1.165, 1.54) is 24.5 Å². The molecule has 0 spiro atoms. The zero-order valence-electron chi connectivity index (χ0n) is 17.8. The largest absolute Gasteiger partial charge is 0.422 e. The smallest absolute Gasteiger partial charge is 0.241 e. The molecule has 0 saturated carbocycles. The van der Waals surface area contributed by atoms with E-state index in [4.69, 9.17) is 0 Å². The lowest BCUT2D eigenvalue weighted by atomic mass is 10.0. The molecule has 0 radical (unpaired) electrons. The molecular weight excluding hydrogens is 468 g/mol. The fourth-order valence-electron chi connectivity index (χ4n) is 3.29. The Balaban J connectivity index is 1.73.